The molecule has 15 heavy (non-hydrogen) atoms. The number of urea groups is 1. The van der Waals surface area contributed by atoms with Gasteiger partial charge in [-0.2, -0.15) is 4.37 Å². The maximum absolute atomic E-state index is 11.1. The van der Waals surface area contributed by atoms with E-state index in [1.807, 2.05) is 12.1 Å². The number of halogens is 1. The molecule has 1 aromatic heterocycles. The summed E-state index contributed by atoms with van der Waals surface area (Å²) in [6.45, 7) is 0. The van der Waals surface area contributed by atoms with Crippen LogP contribution in [0.25, 0.3) is 10.1 Å². The monoisotopic (exact) mass is 241 g/mol. The normalized spacial score (nSPS) is 10.3. The Morgan fingerprint density at radius 3 is 3.07 bits per heavy atom. The van der Waals surface area contributed by atoms with Gasteiger partial charge in [0.1, 0.15) is 0 Å². The zero-order valence-corrected chi connectivity index (χ0v) is 9.45. The fourth-order valence-corrected chi connectivity index (χ4v) is 2.29. The molecule has 0 bridgehead atoms. The number of rotatable bonds is 1. The number of hydrogen-bond acceptors (Lipinski definition) is 3. The largest absolute Gasteiger partial charge is 0.341 e. The van der Waals surface area contributed by atoms with Crippen LogP contribution in [-0.2, 0) is 0 Å². The first-order valence-electron chi connectivity index (χ1n) is 4.25. The Morgan fingerprint density at radius 2 is 2.33 bits per heavy atom. The minimum absolute atomic E-state index is 0.304. The quantitative estimate of drug-likeness (QED) is 0.807. The number of benzene rings is 1. The Bertz CT molecular complexity index is 511. The molecule has 0 atom stereocenters. The van der Waals surface area contributed by atoms with Crippen LogP contribution in [0.5, 0.6) is 0 Å². The number of anilines is 1. The number of nitrogens with zero attached hydrogens (tertiary/aromatic N) is 1. The molecule has 0 radical (unpaired) electrons. The molecule has 2 rings (SSSR count). The van der Waals surface area contributed by atoms with Gasteiger partial charge in [0.2, 0.25) is 0 Å². The van der Waals surface area contributed by atoms with E-state index in [1.54, 1.807) is 13.1 Å². The van der Waals surface area contributed by atoms with Crippen molar-refractivity contribution >= 4 is 45.1 Å². The molecule has 2 N–H and O–H groups in total. The SMILES string of the molecule is CNC(=O)Nc1nsc2cccc(Cl)c12. The number of nitrogens with one attached hydrogen (secondary N) is 2. The average molecular weight is 242 g/mol. The number of carbonyl (C=O) groups is 1. The van der Waals surface area contributed by atoms with Gasteiger partial charge in [-0.15, -0.1) is 0 Å². The average Bonchev–Trinajstić information content (AvgIpc) is 2.63. The lowest BCUT2D eigenvalue weighted by atomic mass is 10.2. The summed E-state index contributed by atoms with van der Waals surface area (Å²) < 4.78 is 5.08. The van der Waals surface area contributed by atoms with E-state index in [4.69, 9.17) is 11.6 Å². The van der Waals surface area contributed by atoms with Gasteiger partial charge in [0, 0.05) is 7.05 Å². The second-order valence-electron chi connectivity index (χ2n) is 2.85. The summed E-state index contributed by atoms with van der Waals surface area (Å²) in [4.78, 5) is 11.1. The minimum atomic E-state index is -0.304. The van der Waals surface area contributed by atoms with Gasteiger partial charge in [-0.25, -0.2) is 4.79 Å². The van der Waals surface area contributed by atoms with Gasteiger partial charge in [-0.05, 0) is 23.7 Å². The molecule has 0 fully saturated rings. The topological polar surface area (TPSA) is 54.0 Å². The predicted molar refractivity (Wildman–Crippen MR) is 62.7 cm³/mol. The molecule has 0 saturated carbocycles. The van der Waals surface area contributed by atoms with E-state index >= 15 is 0 Å². The van der Waals surface area contributed by atoms with Crippen molar-refractivity contribution in [1.82, 2.24) is 9.69 Å². The Balaban J connectivity index is 2.48. The van der Waals surface area contributed by atoms with Crippen LogP contribution in [0, 0.1) is 0 Å². The number of hydrogen-bond donors (Lipinski definition) is 2. The third-order valence-electron chi connectivity index (χ3n) is 1.91. The molecule has 6 heteroatoms. The zero-order chi connectivity index (χ0) is 10.8. The van der Waals surface area contributed by atoms with E-state index in [-0.39, 0.29) is 6.03 Å². The molecule has 0 saturated heterocycles. The van der Waals surface area contributed by atoms with Crippen LogP contribution in [0.15, 0.2) is 18.2 Å². The van der Waals surface area contributed by atoms with E-state index < -0.39 is 0 Å². The molecule has 2 amide bonds. The highest BCUT2D eigenvalue weighted by molar-refractivity contribution is 7.13. The molecule has 4 nitrogen and oxygen atoms in total. The van der Waals surface area contributed by atoms with Crippen LogP contribution in [0.4, 0.5) is 10.6 Å². The van der Waals surface area contributed by atoms with Gasteiger partial charge in [0.15, 0.2) is 5.82 Å². The summed E-state index contributed by atoms with van der Waals surface area (Å²) in [6.07, 6.45) is 0. The molecular weight excluding hydrogens is 234 g/mol. The standard InChI is InChI=1S/C9H8ClN3OS/c1-11-9(14)12-8-7-5(10)3-2-4-6(7)15-13-8/h2-4H,1H3,(H2,11,12,13,14). The maximum Gasteiger partial charge on any atom is 0.320 e. The summed E-state index contributed by atoms with van der Waals surface area (Å²) in [5.74, 6) is 0.500. The first-order valence-corrected chi connectivity index (χ1v) is 5.40. The molecule has 2 aromatic rings. The Kier molecular flexibility index (Phi) is 2.75. The Labute approximate surface area is 95.4 Å². The summed E-state index contributed by atoms with van der Waals surface area (Å²) in [5, 5.41) is 6.45. The highest BCUT2D eigenvalue weighted by Crippen LogP contribution is 2.32. The van der Waals surface area contributed by atoms with Crippen molar-refractivity contribution in [2.24, 2.45) is 0 Å². The van der Waals surface area contributed by atoms with Crippen molar-refractivity contribution in [3.63, 3.8) is 0 Å². The van der Waals surface area contributed by atoms with E-state index in [0.717, 1.165) is 10.1 Å². The first-order chi connectivity index (χ1) is 7.22. The van der Waals surface area contributed by atoms with E-state index in [1.165, 1.54) is 11.5 Å². The fraction of sp³-hybridized carbons (Fsp3) is 0.111. The fourth-order valence-electron chi connectivity index (χ4n) is 1.21. The van der Waals surface area contributed by atoms with Crippen molar-refractivity contribution in [3.05, 3.63) is 23.2 Å². The van der Waals surface area contributed by atoms with Gasteiger partial charge >= 0.3 is 6.03 Å². The van der Waals surface area contributed by atoms with E-state index in [0.29, 0.717) is 10.8 Å². The predicted octanol–water partition coefficient (Wildman–Crippen LogP) is 2.70. The van der Waals surface area contributed by atoms with Crippen LogP contribution >= 0.6 is 23.1 Å². The van der Waals surface area contributed by atoms with Gasteiger partial charge in [0.25, 0.3) is 0 Å². The third kappa shape index (κ3) is 1.88. The molecule has 0 aliphatic carbocycles. The lowest BCUT2D eigenvalue weighted by Gasteiger charge is -2.01. The van der Waals surface area contributed by atoms with E-state index in [9.17, 15) is 4.79 Å². The van der Waals surface area contributed by atoms with Crippen LogP contribution in [0.1, 0.15) is 0 Å². The number of amides is 2. The van der Waals surface area contributed by atoms with E-state index in [2.05, 4.69) is 15.0 Å². The summed E-state index contributed by atoms with van der Waals surface area (Å²) in [7, 11) is 1.55. The van der Waals surface area contributed by atoms with Gasteiger partial charge in [-0.1, -0.05) is 17.7 Å². The summed E-state index contributed by atoms with van der Waals surface area (Å²) in [6, 6.07) is 5.23. The molecule has 0 aliphatic rings. The Hall–Kier alpha value is -1.33. The van der Waals surface area contributed by atoms with Crippen molar-refractivity contribution < 1.29 is 4.79 Å². The van der Waals surface area contributed by atoms with Crippen LogP contribution in [-0.4, -0.2) is 17.5 Å². The lowest BCUT2D eigenvalue weighted by Crippen LogP contribution is -2.24. The first kappa shape index (κ1) is 10.2. The molecule has 1 aromatic carbocycles. The number of carbonyl (C=O) groups excluding carboxylic acids is 1. The molecule has 1 heterocycles. The summed E-state index contributed by atoms with van der Waals surface area (Å²) >= 11 is 7.33. The van der Waals surface area contributed by atoms with Gasteiger partial charge in [0.05, 0.1) is 15.1 Å². The van der Waals surface area contributed by atoms with Crippen LogP contribution in [0.2, 0.25) is 5.02 Å². The van der Waals surface area contributed by atoms with Crippen LogP contribution < -0.4 is 10.6 Å². The van der Waals surface area contributed by atoms with Crippen molar-refractivity contribution in [1.29, 1.82) is 0 Å². The zero-order valence-electron chi connectivity index (χ0n) is 7.87. The Morgan fingerprint density at radius 1 is 1.53 bits per heavy atom. The summed E-state index contributed by atoms with van der Waals surface area (Å²) in [5.41, 5.74) is 0. The molecule has 0 aliphatic heterocycles. The second-order valence-corrected chi connectivity index (χ2v) is 4.06. The maximum atomic E-state index is 11.1. The smallest absolute Gasteiger partial charge is 0.320 e. The lowest BCUT2D eigenvalue weighted by molar-refractivity contribution is 0.254. The van der Waals surface area contributed by atoms with Crippen LogP contribution in [0.3, 0.4) is 0 Å². The molecule has 0 unspecified atom stereocenters. The molecular formula is C9H8ClN3OS. The van der Waals surface area contributed by atoms with Crippen molar-refractivity contribution in [2.75, 3.05) is 12.4 Å². The number of aromatic nitrogens is 1. The minimum Gasteiger partial charge on any atom is -0.341 e. The van der Waals surface area contributed by atoms with Crippen molar-refractivity contribution in [3.8, 4) is 0 Å². The highest BCUT2D eigenvalue weighted by Gasteiger charge is 2.10. The third-order valence-corrected chi connectivity index (χ3v) is 3.03. The number of fused-ring (bicyclic) bond motifs is 1. The highest BCUT2D eigenvalue weighted by atomic mass is 35.5. The molecule has 0 spiro atoms. The van der Waals surface area contributed by atoms with Gasteiger partial charge in [-0.3, -0.25) is 5.32 Å². The van der Waals surface area contributed by atoms with Gasteiger partial charge < -0.3 is 5.32 Å². The second kappa shape index (κ2) is 4.04. The molecule has 78 valence electrons. The van der Waals surface area contributed by atoms with Crippen molar-refractivity contribution in [2.45, 2.75) is 0 Å².